The van der Waals surface area contributed by atoms with Crippen molar-refractivity contribution in [3.63, 3.8) is 0 Å². The van der Waals surface area contributed by atoms with E-state index in [9.17, 15) is 14.7 Å². The third-order valence-electron chi connectivity index (χ3n) is 4.56. The summed E-state index contributed by atoms with van der Waals surface area (Å²) < 4.78 is 5.50. The summed E-state index contributed by atoms with van der Waals surface area (Å²) in [6.45, 7) is 1.97. The molecular formula is C17H22N2O4. The maximum absolute atomic E-state index is 12.5. The van der Waals surface area contributed by atoms with Crippen molar-refractivity contribution in [2.45, 2.75) is 44.2 Å². The Morgan fingerprint density at radius 1 is 1.26 bits per heavy atom. The SMILES string of the molecule is Cc1ccc(OC[C@H](O)CN2C(=O)NC3(CCCC3)C2=O)cc1. The highest BCUT2D eigenvalue weighted by atomic mass is 16.5. The van der Waals surface area contributed by atoms with Crippen LogP contribution in [0.3, 0.4) is 0 Å². The van der Waals surface area contributed by atoms with E-state index in [0.717, 1.165) is 23.3 Å². The van der Waals surface area contributed by atoms with Crippen molar-refractivity contribution < 1.29 is 19.4 Å². The third-order valence-corrected chi connectivity index (χ3v) is 4.56. The van der Waals surface area contributed by atoms with Crippen LogP contribution in [-0.4, -0.2) is 46.7 Å². The Morgan fingerprint density at radius 2 is 1.91 bits per heavy atom. The highest BCUT2D eigenvalue weighted by Crippen LogP contribution is 2.35. The fraction of sp³-hybridized carbons (Fsp3) is 0.529. The maximum atomic E-state index is 12.5. The number of aliphatic hydroxyl groups excluding tert-OH is 1. The summed E-state index contributed by atoms with van der Waals surface area (Å²) in [5, 5.41) is 12.9. The van der Waals surface area contributed by atoms with E-state index in [0.29, 0.717) is 18.6 Å². The molecular weight excluding hydrogens is 296 g/mol. The third kappa shape index (κ3) is 3.17. The quantitative estimate of drug-likeness (QED) is 0.808. The fourth-order valence-electron chi connectivity index (χ4n) is 3.25. The van der Waals surface area contributed by atoms with Gasteiger partial charge in [-0.25, -0.2) is 4.79 Å². The Bertz CT molecular complexity index is 593. The van der Waals surface area contributed by atoms with Gasteiger partial charge in [0.1, 0.15) is 24.0 Å². The van der Waals surface area contributed by atoms with Crippen LogP contribution < -0.4 is 10.1 Å². The molecule has 1 aliphatic carbocycles. The Morgan fingerprint density at radius 3 is 2.57 bits per heavy atom. The number of nitrogens with one attached hydrogen (secondary N) is 1. The first-order valence-electron chi connectivity index (χ1n) is 8.02. The van der Waals surface area contributed by atoms with Gasteiger partial charge in [-0.3, -0.25) is 9.69 Å². The van der Waals surface area contributed by atoms with E-state index in [4.69, 9.17) is 4.74 Å². The predicted molar refractivity (Wildman–Crippen MR) is 84.1 cm³/mol. The summed E-state index contributed by atoms with van der Waals surface area (Å²) >= 11 is 0. The van der Waals surface area contributed by atoms with E-state index in [1.165, 1.54) is 0 Å². The van der Waals surface area contributed by atoms with Crippen LogP contribution in [0.25, 0.3) is 0 Å². The van der Waals surface area contributed by atoms with Crippen LogP contribution in [-0.2, 0) is 4.79 Å². The number of β-amino-alcohol motifs (C(OH)–C–C–N with tert-alkyl or cyclic N) is 1. The van der Waals surface area contributed by atoms with Gasteiger partial charge in [0, 0.05) is 0 Å². The van der Waals surface area contributed by atoms with Crippen molar-refractivity contribution in [1.82, 2.24) is 10.2 Å². The lowest BCUT2D eigenvalue weighted by molar-refractivity contribution is -0.132. The molecule has 1 aromatic carbocycles. The molecule has 2 aliphatic rings. The lowest BCUT2D eigenvalue weighted by Crippen LogP contribution is -2.45. The lowest BCUT2D eigenvalue weighted by Gasteiger charge is -2.21. The minimum atomic E-state index is -0.914. The van der Waals surface area contributed by atoms with Gasteiger partial charge in [0.2, 0.25) is 0 Å². The van der Waals surface area contributed by atoms with Crippen molar-refractivity contribution in [3.05, 3.63) is 29.8 Å². The second-order valence-electron chi connectivity index (χ2n) is 6.41. The minimum Gasteiger partial charge on any atom is -0.491 e. The molecule has 2 fully saturated rings. The van der Waals surface area contributed by atoms with E-state index >= 15 is 0 Å². The molecule has 6 heteroatoms. The first kappa shape index (κ1) is 15.8. The molecule has 1 saturated carbocycles. The lowest BCUT2D eigenvalue weighted by atomic mass is 9.98. The normalized spacial score (nSPS) is 20.9. The van der Waals surface area contributed by atoms with Crippen LogP contribution in [0.2, 0.25) is 0 Å². The second kappa shape index (κ2) is 6.20. The van der Waals surface area contributed by atoms with Crippen LogP contribution in [0, 0.1) is 6.92 Å². The summed E-state index contributed by atoms with van der Waals surface area (Å²) in [5.74, 6) is 0.438. The topological polar surface area (TPSA) is 78.9 Å². The van der Waals surface area contributed by atoms with Gasteiger partial charge in [-0.15, -0.1) is 0 Å². The van der Waals surface area contributed by atoms with Crippen molar-refractivity contribution in [2.75, 3.05) is 13.2 Å². The number of carbonyl (C=O) groups excluding carboxylic acids is 2. The van der Waals surface area contributed by atoms with Gasteiger partial charge in [-0.05, 0) is 31.9 Å². The summed E-state index contributed by atoms with van der Waals surface area (Å²) in [7, 11) is 0. The Hall–Kier alpha value is -2.08. The van der Waals surface area contributed by atoms with Gasteiger partial charge in [0.25, 0.3) is 5.91 Å². The number of urea groups is 1. The molecule has 6 nitrogen and oxygen atoms in total. The highest BCUT2D eigenvalue weighted by Gasteiger charge is 2.52. The number of hydrogen-bond acceptors (Lipinski definition) is 4. The number of amides is 3. The molecule has 3 rings (SSSR count). The molecule has 0 radical (unpaired) electrons. The average molecular weight is 318 g/mol. The van der Waals surface area contributed by atoms with E-state index in [-0.39, 0.29) is 19.1 Å². The first-order valence-corrected chi connectivity index (χ1v) is 8.02. The average Bonchev–Trinajstić information content (AvgIpc) is 3.08. The maximum Gasteiger partial charge on any atom is 0.325 e. The number of hydrogen-bond donors (Lipinski definition) is 2. The van der Waals surface area contributed by atoms with E-state index in [1.807, 2.05) is 31.2 Å². The Labute approximate surface area is 135 Å². The summed E-state index contributed by atoms with van der Waals surface area (Å²) in [6.07, 6.45) is 2.34. The molecule has 0 unspecified atom stereocenters. The van der Waals surface area contributed by atoms with Crippen LogP contribution >= 0.6 is 0 Å². The Balaban J connectivity index is 1.55. The minimum absolute atomic E-state index is 0.0348. The van der Waals surface area contributed by atoms with Crippen molar-refractivity contribution in [3.8, 4) is 5.75 Å². The largest absolute Gasteiger partial charge is 0.491 e. The number of nitrogens with zero attached hydrogens (tertiary/aromatic N) is 1. The number of aliphatic hydroxyl groups is 1. The van der Waals surface area contributed by atoms with Crippen LogP contribution in [0.15, 0.2) is 24.3 Å². The summed E-state index contributed by atoms with van der Waals surface area (Å²) in [5.41, 5.74) is 0.397. The number of carbonyl (C=O) groups is 2. The molecule has 1 atom stereocenters. The monoisotopic (exact) mass is 318 g/mol. The number of rotatable bonds is 5. The molecule has 0 aromatic heterocycles. The summed E-state index contributed by atoms with van der Waals surface area (Å²) in [4.78, 5) is 25.6. The number of ether oxygens (including phenoxy) is 1. The zero-order chi connectivity index (χ0) is 16.4. The number of imide groups is 1. The Kier molecular flexibility index (Phi) is 4.26. The molecule has 23 heavy (non-hydrogen) atoms. The molecule has 1 aliphatic heterocycles. The molecule has 1 saturated heterocycles. The number of aryl methyl sites for hydroxylation is 1. The molecule has 1 aromatic rings. The van der Waals surface area contributed by atoms with Crippen molar-refractivity contribution in [2.24, 2.45) is 0 Å². The molecule has 124 valence electrons. The van der Waals surface area contributed by atoms with Gasteiger partial charge >= 0.3 is 6.03 Å². The molecule has 0 bridgehead atoms. The van der Waals surface area contributed by atoms with E-state index in [2.05, 4.69) is 5.32 Å². The zero-order valence-corrected chi connectivity index (χ0v) is 13.2. The molecule has 1 spiro atoms. The predicted octanol–water partition coefficient (Wildman–Crippen LogP) is 1.60. The second-order valence-corrected chi connectivity index (χ2v) is 6.41. The van der Waals surface area contributed by atoms with Crippen LogP contribution in [0.1, 0.15) is 31.2 Å². The van der Waals surface area contributed by atoms with Crippen LogP contribution in [0.5, 0.6) is 5.75 Å². The fourth-order valence-corrected chi connectivity index (χ4v) is 3.25. The van der Waals surface area contributed by atoms with E-state index < -0.39 is 17.7 Å². The zero-order valence-electron chi connectivity index (χ0n) is 13.2. The first-order chi connectivity index (χ1) is 11.0. The van der Waals surface area contributed by atoms with Gasteiger partial charge in [-0.1, -0.05) is 30.5 Å². The standard InChI is InChI=1S/C17H22N2O4/c1-12-4-6-14(7-5-12)23-11-13(20)10-19-15(21)17(18-16(19)22)8-2-3-9-17/h4-7,13,20H,2-3,8-11H2,1H3,(H,18,22)/t13-/m1/s1. The van der Waals surface area contributed by atoms with Gasteiger partial charge in [-0.2, -0.15) is 0 Å². The highest BCUT2D eigenvalue weighted by molar-refractivity contribution is 6.07. The van der Waals surface area contributed by atoms with Gasteiger partial charge in [0.15, 0.2) is 0 Å². The molecule has 2 N–H and O–H groups in total. The van der Waals surface area contributed by atoms with E-state index in [1.54, 1.807) is 0 Å². The van der Waals surface area contributed by atoms with Gasteiger partial charge in [0.05, 0.1) is 6.54 Å². The van der Waals surface area contributed by atoms with Crippen LogP contribution in [0.4, 0.5) is 4.79 Å². The smallest absolute Gasteiger partial charge is 0.325 e. The van der Waals surface area contributed by atoms with Crippen molar-refractivity contribution in [1.29, 1.82) is 0 Å². The van der Waals surface area contributed by atoms with Gasteiger partial charge < -0.3 is 15.2 Å². The number of benzene rings is 1. The molecule has 3 amide bonds. The summed E-state index contributed by atoms with van der Waals surface area (Å²) in [6, 6.07) is 7.07. The molecule has 1 heterocycles. The van der Waals surface area contributed by atoms with Crippen molar-refractivity contribution >= 4 is 11.9 Å².